The predicted octanol–water partition coefficient (Wildman–Crippen LogP) is 4.14. The zero-order chi connectivity index (χ0) is 13.6. The summed E-state index contributed by atoms with van der Waals surface area (Å²) in [7, 11) is 0. The van der Waals surface area contributed by atoms with Gasteiger partial charge in [-0.15, -0.1) is 0 Å². The molecule has 19 heavy (non-hydrogen) atoms. The average molecular weight is 322 g/mol. The van der Waals surface area contributed by atoms with Crippen LogP contribution in [0.4, 0.5) is 0 Å². The lowest BCUT2D eigenvalue weighted by Crippen LogP contribution is -2.10. The van der Waals surface area contributed by atoms with Gasteiger partial charge in [-0.05, 0) is 59.3 Å². The van der Waals surface area contributed by atoms with E-state index in [0.717, 1.165) is 19.4 Å². The van der Waals surface area contributed by atoms with Gasteiger partial charge in [0.25, 0.3) is 0 Å². The fraction of sp³-hybridized carbons (Fsp3) is 0.500. The van der Waals surface area contributed by atoms with Gasteiger partial charge in [0.15, 0.2) is 0 Å². The van der Waals surface area contributed by atoms with Crippen molar-refractivity contribution >= 4 is 26.8 Å². The van der Waals surface area contributed by atoms with Crippen LogP contribution < -0.4 is 0 Å². The van der Waals surface area contributed by atoms with Crippen LogP contribution in [0.15, 0.2) is 16.6 Å². The Morgan fingerprint density at radius 3 is 2.89 bits per heavy atom. The van der Waals surface area contributed by atoms with E-state index in [1.807, 2.05) is 0 Å². The van der Waals surface area contributed by atoms with Gasteiger partial charge in [-0.3, -0.25) is 0 Å². The normalized spacial score (nSPS) is 16.0. The molecule has 3 rings (SSSR count). The molecule has 1 aliphatic heterocycles. The minimum absolute atomic E-state index is 0.235. The molecule has 3 heteroatoms. The number of nitrogens with zero attached hydrogens (tertiary/aromatic N) is 1. The molecule has 0 bridgehead atoms. The Morgan fingerprint density at radius 2 is 2.21 bits per heavy atom. The number of hydrogen-bond donors (Lipinski definition) is 1. The van der Waals surface area contributed by atoms with E-state index < -0.39 is 0 Å². The SMILES string of the molecule is CCC(CO)c1cc2c3c(c1)c(Br)c(C)n3CCC2. The molecule has 1 aliphatic rings. The highest BCUT2D eigenvalue weighted by Gasteiger charge is 2.21. The third kappa shape index (κ3) is 1.95. The van der Waals surface area contributed by atoms with Crippen molar-refractivity contribution in [3.8, 4) is 0 Å². The maximum atomic E-state index is 9.54. The van der Waals surface area contributed by atoms with Crippen molar-refractivity contribution in [3.05, 3.63) is 33.4 Å². The second kappa shape index (κ2) is 4.95. The standard InChI is InChI=1S/C16H20BrNO/c1-3-11(9-19)13-7-12-5-4-6-18-10(2)15(17)14(8-13)16(12)18/h7-8,11,19H,3-6,9H2,1-2H3. The van der Waals surface area contributed by atoms with E-state index in [4.69, 9.17) is 0 Å². The molecule has 1 unspecified atom stereocenters. The molecule has 0 aliphatic carbocycles. The minimum atomic E-state index is 0.235. The summed E-state index contributed by atoms with van der Waals surface area (Å²) in [6.07, 6.45) is 3.35. The fourth-order valence-corrected chi connectivity index (χ4v) is 3.81. The molecule has 2 aromatic rings. The van der Waals surface area contributed by atoms with Crippen LogP contribution in [0.25, 0.3) is 10.9 Å². The number of rotatable bonds is 3. The highest BCUT2D eigenvalue weighted by molar-refractivity contribution is 9.10. The van der Waals surface area contributed by atoms with E-state index in [0.29, 0.717) is 0 Å². The minimum Gasteiger partial charge on any atom is -0.396 e. The molecule has 2 heterocycles. The van der Waals surface area contributed by atoms with Crippen LogP contribution in [0, 0.1) is 6.92 Å². The molecule has 2 nitrogen and oxygen atoms in total. The lowest BCUT2D eigenvalue weighted by atomic mass is 9.92. The summed E-state index contributed by atoms with van der Waals surface area (Å²) < 4.78 is 3.65. The Hall–Kier alpha value is -0.800. The second-order valence-electron chi connectivity index (χ2n) is 5.52. The highest BCUT2D eigenvalue weighted by atomic mass is 79.9. The topological polar surface area (TPSA) is 25.2 Å². The van der Waals surface area contributed by atoms with Crippen molar-refractivity contribution in [3.63, 3.8) is 0 Å². The molecule has 1 N–H and O–H groups in total. The van der Waals surface area contributed by atoms with E-state index in [9.17, 15) is 5.11 Å². The number of aromatic nitrogens is 1. The highest BCUT2D eigenvalue weighted by Crippen LogP contribution is 2.38. The summed E-state index contributed by atoms with van der Waals surface area (Å²) in [5.74, 6) is 0.262. The zero-order valence-electron chi connectivity index (χ0n) is 11.5. The summed E-state index contributed by atoms with van der Waals surface area (Å²) in [5.41, 5.74) is 5.45. The zero-order valence-corrected chi connectivity index (χ0v) is 13.1. The first-order valence-electron chi connectivity index (χ1n) is 7.09. The summed E-state index contributed by atoms with van der Waals surface area (Å²) in [6, 6.07) is 4.58. The summed E-state index contributed by atoms with van der Waals surface area (Å²) in [5, 5.41) is 10.9. The van der Waals surface area contributed by atoms with E-state index in [1.54, 1.807) is 0 Å². The van der Waals surface area contributed by atoms with Crippen LogP contribution in [0.2, 0.25) is 0 Å². The van der Waals surface area contributed by atoms with Gasteiger partial charge in [0.1, 0.15) is 0 Å². The van der Waals surface area contributed by atoms with E-state index in [2.05, 4.69) is 46.5 Å². The van der Waals surface area contributed by atoms with Gasteiger partial charge in [0.2, 0.25) is 0 Å². The Balaban J connectivity index is 2.28. The van der Waals surface area contributed by atoms with Gasteiger partial charge in [-0.2, -0.15) is 0 Å². The van der Waals surface area contributed by atoms with Crippen LogP contribution in [0.1, 0.15) is 42.5 Å². The summed E-state index contributed by atoms with van der Waals surface area (Å²) in [6.45, 7) is 5.68. The van der Waals surface area contributed by atoms with Crippen LogP contribution in [-0.2, 0) is 13.0 Å². The summed E-state index contributed by atoms with van der Waals surface area (Å²) >= 11 is 3.75. The molecule has 102 valence electrons. The van der Waals surface area contributed by atoms with Crippen molar-refractivity contribution in [2.24, 2.45) is 0 Å². The monoisotopic (exact) mass is 321 g/mol. The van der Waals surface area contributed by atoms with Gasteiger partial charge in [-0.25, -0.2) is 0 Å². The molecule has 0 radical (unpaired) electrons. The number of halogens is 1. The second-order valence-corrected chi connectivity index (χ2v) is 6.31. The quantitative estimate of drug-likeness (QED) is 0.902. The molecule has 1 aromatic carbocycles. The van der Waals surface area contributed by atoms with Crippen molar-refractivity contribution in [2.75, 3.05) is 6.61 Å². The first-order chi connectivity index (χ1) is 9.17. The molecule has 0 fully saturated rings. The number of aliphatic hydroxyl groups is 1. The van der Waals surface area contributed by atoms with E-state index in [1.165, 1.54) is 38.6 Å². The van der Waals surface area contributed by atoms with Crippen molar-refractivity contribution in [2.45, 2.75) is 45.6 Å². The Labute approximate surface area is 122 Å². The predicted molar refractivity (Wildman–Crippen MR) is 82.8 cm³/mol. The van der Waals surface area contributed by atoms with Crippen molar-refractivity contribution in [1.29, 1.82) is 0 Å². The van der Waals surface area contributed by atoms with Crippen LogP contribution in [-0.4, -0.2) is 16.3 Å². The molecule has 0 spiro atoms. The van der Waals surface area contributed by atoms with Crippen molar-refractivity contribution < 1.29 is 5.11 Å². The molecule has 1 atom stereocenters. The number of aliphatic hydroxyl groups excluding tert-OH is 1. The fourth-order valence-electron chi connectivity index (χ4n) is 3.29. The maximum Gasteiger partial charge on any atom is 0.0526 e. The lowest BCUT2D eigenvalue weighted by Gasteiger charge is -2.20. The van der Waals surface area contributed by atoms with E-state index >= 15 is 0 Å². The molecule has 0 amide bonds. The van der Waals surface area contributed by atoms with Crippen LogP contribution in [0.5, 0.6) is 0 Å². The summed E-state index contributed by atoms with van der Waals surface area (Å²) in [4.78, 5) is 0. The van der Waals surface area contributed by atoms with Gasteiger partial charge < -0.3 is 9.67 Å². The smallest absolute Gasteiger partial charge is 0.0526 e. The molecular formula is C16H20BrNO. The number of benzene rings is 1. The Morgan fingerprint density at radius 1 is 1.42 bits per heavy atom. The van der Waals surface area contributed by atoms with Gasteiger partial charge in [0, 0.05) is 34.6 Å². The number of aryl methyl sites for hydroxylation is 2. The maximum absolute atomic E-state index is 9.54. The Bertz CT molecular complexity index is 625. The third-order valence-corrected chi connectivity index (χ3v) is 5.45. The van der Waals surface area contributed by atoms with Gasteiger partial charge in [0.05, 0.1) is 5.52 Å². The molecule has 1 aromatic heterocycles. The van der Waals surface area contributed by atoms with Gasteiger partial charge in [-0.1, -0.05) is 13.0 Å². The molecule has 0 saturated heterocycles. The molecular weight excluding hydrogens is 302 g/mol. The average Bonchev–Trinajstić information content (AvgIpc) is 2.68. The van der Waals surface area contributed by atoms with Crippen LogP contribution in [0.3, 0.4) is 0 Å². The van der Waals surface area contributed by atoms with Crippen LogP contribution >= 0.6 is 15.9 Å². The van der Waals surface area contributed by atoms with Crippen molar-refractivity contribution in [1.82, 2.24) is 4.57 Å². The third-order valence-electron chi connectivity index (χ3n) is 4.45. The van der Waals surface area contributed by atoms with E-state index in [-0.39, 0.29) is 12.5 Å². The molecule has 0 saturated carbocycles. The Kier molecular flexibility index (Phi) is 3.44. The number of hydrogen-bond acceptors (Lipinski definition) is 1. The largest absolute Gasteiger partial charge is 0.396 e. The first-order valence-corrected chi connectivity index (χ1v) is 7.88. The lowest BCUT2D eigenvalue weighted by molar-refractivity contribution is 0.262. The first kappa shape index (κ1) is 13.2. The van der Waals surface area contributed by atoms with Gasteiger partial charge >= 0.3 is 0 Å².